The fourth-order valence-electron chi connectivity index (χ4n) is 3.73. The number of nitrogens with one attached hydrogen (secondary N) is 1. The summed E-state index contributed by atoms with van der Waals surface area (Å²) in [5, 5.41) is 3.06. The molecule has 0 radical (unpaired) electrons. The van der Waals surface area contributed by atoms with Crippen molar-refractivity contribution in [3.05, 3.63) is 0 Å². The van der Waals surface area contributed by atoms with Crippen molar-refractivity contribution in [1.29, 1.82) is 0 Å². The standard InChI is InChI=1S/C19H34N2O2/c1-19(2,3)18(23)20-13-16-10-7-11-21(14-16)17(22)12-15-8-5-4-6-9-15/h15-16H,4-14H2,1-3H3,(H,20,23). The van der Waals surface area contributed by atoms with Crippen molar-refractivity contribution >= 4 is 11.8 Å². The Hall–Kier alpha value is -1.06. The molecule has 23 heavy (non-hydrogen) atoms. The minimum atomic E-state index is -0.342. The topological polar surface area (TPSA) is 49.4 Å². The Kier molecular flexibility index (Phi) is 6.49. The number of nitrogens with zero attached hydrogens (tertiary/aromatic N) is 1. The van der Waals surface area contributed by atoms with E-state index in [2.05, 4.69) is 5.32 Å². The quantitative estimate of drug-likeness (QED) is 0.863. The van der Waals surface area contributed by atoms with E-state index >= 15 is 0 Å². The highest BCUT2D eigenvalue weighted by molar-refractivity contribution is 5.81. The van der Waals surface area contributed by atoms with Crippen LogP contribution in [0.2, 0.25) is 0 Å². The molecular weight excluding hydrogens is 288 g/mol. The van der Waals surface area contributed by atoms with Gasteiger partial charge in [0.2, 0.25) is 11.8 Å². The molecule has 1 N–H and O–H groups in total. The van der Waals surface area contributed by atoms with Crippen LogP contribution in [0.3, 0.4) is 0 Å². The van der Waals surface area contributed by atoms with Gasteiger partial charge < -0.3 is 10.2 Å². The first-order valence-corrected chi connectivity index (χ1v) is 9.42. The SMILES string of the molecule is CC(C)(C)C(=O)NCC1CCCN(C(=O)CC2CCCCC2)C1. The van der Waals surface area contributed by atoms with Crippen LogP contribution < -0.4 is 5.32 Å². The summed E-state index contributed by atoms with van der Waals surface area (Å²) < 4.78 is 0. The molecule has 1 atom stereocenters. The maximum Gasteiger partial charge on any atom is 0.225 e. The largest absolute Gasteiger partial charge is 0.355 e. The fraction of sp³-hybridized carbons (Fsp3) is 0.895. The molecule has 1 unspecified atom stereocenters. The van der Waals surface area contributed by atoms with Crippen LogP contribution in [0.15, 0.2) is 0 Å². The molecule has 1 saturated heterocycles. The monoisotopic (exact) mass is 322 g/mol. The second-order valence-electron chi connectivity index (χ2n) is 8.52. The summed E-state index contributed by atoms with van der Waals surface area (Å²) in [5.41, 5.74) is -0.342. The van der Waals surface area contributed by atoms with Gasteiger partial charge in [0, 0.05) is 31.5 Å². The van der Waals surface area contributed by atoms with E-state index in [1.807, 2.05) is 25.7 Å². The summed E-state index contributed by atoms with van der Waals surface area (Å²) in [6, 6.07) is 0. The maximum atomic E-state index is 12.5. The van der Waals surface area contributed by atoms with Gasteiger partial charge in [0.1, 0.15) is 0 Å². The van der Waals surface area contributed by atoms with Crippen LogP contribution in [0.1, 0.15) is 72.1 Å². The molecule has 4 nitrogen and oxygen atoms in total. The van der Waals surface area contributed by atoms with Crippen molar-refractivity contribution in [3.8, 4) is 0 Å². The van der Waals surface area contributed by atoms with E-state index in [0.717, 1.165) is 32.4 Å². The fourth-order valence-corrected chi connectivity index (χ4v) is 3.73. The third-order valence-corrected chi connectivity index (χ3v) is 5.29. The van der Waals surface area contributed by atoms with Gasteiger partial charge in [-0.15, -0.1) is 0 Å². The number of hydrogen-bond acceptors (Lipinski definition) is 2. The van der Waals surface area contributed by atoms with Crippen molar-refractivity contribution < 1.29 is 9.59 Å². The van der Waals surface area contributed by atoms with E-state index in [1.165, 1.54) is 32.1 Å². The van der Waals surface area contributed by atoms with Crippen molar-refractivity contribution in [2.24, 2.45) is 17.3 Å². The van der Waals surface area contributed by atoms with Crippen LogP contribution >= 0.6 is 0 Å². The highest BCUT2D eigenvalue weighted by Gasteiger charge is 2.27. The highest BCUT2D eigenvalue weighted by Crippen LogP contribution is 2.27. The van der Waals surface area contributed by atoms with Crippen molar-refractivity contribution in [2.75, 3.05) is 19.6 Å². The molecule has 0 aromatic carbocycles. The Morgan fingerprint density at radius 1 is 1.00 bits per heavy atom. The Morgan fingerprint density at radius 2 is 1.65 bits per heavy atom. The normalized spacial score (nSPS) is 23.6. The average Bonchev–Trinajstić information content (AvgIpc) is 2.53. The minimum absolute atomic E-state index is 0.100. The molecule has 0 aromatic rings. The molecule has 2 fully saturated rings. The number of rotatable bonds is 4. The molecule has 0 spiro atoms. The summed E-state index contributed by atoms with van der Waals surface area (Å²) in [7, 11) is 0. The van der Waals surface area contributed by atoms with E-state index in [1.54, 1.807) is 0 Å². The molecule has 0 aromatic heterocycles. The van der Waals surface area contributed by atoms with Gasteiger partial charge in [-0.25, -0.2) is 0 Å². The molecule has 2 rings (SSSR count). The third kappa shape index (κ3) is 5.82. The van der Waals surface area contributed by atoms with Gasteiger partial charge in [0.25, 0.3) is 0 Å². The Labute approximate surface area is 141 Å². The summed E-state index contributed by atoms with van der Waals surface area (Å²) in [5.74, 6) is 1.45. The van der Waals surface area contributed by atoms with Crippen LogP contribution in [0.25, 0.3) is 0 Å². The Balaban J connectivity index is 1.76. The van der Waals surface area contributed by atoms with Crippen LogP contribution in [0.4, 0.5) is 0 Å². The molecule has 2 amide bonds. The van der Waals surface area contributed by atoms with Gasteiger partial charge >= 0.3 is 0 Å². The first-order valence-electron chi connectivity index (χ1n) is 9.42. The molecule has 1 heterocycles. The Morgan fingerprint density at radius 3 is 2.30 bits per heavy atom. The number of hydrogen-bond donors (Lipinski definition) is 1. The summed E-state index contributed by atoms with van der Waals surface area (Å²) in [6.07, 6.45) is 9.28. The summed E-state index contributed by atoms with van der Waals surface area (Å²) >= 11 is 0. The number of amides is 2. The zero-order valence-corrected chi connectivity index (χ0v) is 15.2. The maximum absolute atomic E-state index is 12.5. The number of carbonyl (C=O) groups excluding carboxylic acids is 2. The molecule has 132 valence electrons. The zero-order chi connectivity index (χ0) is 16.9. The van der Waals surface area contributed by atoms with E-state index < -0.39 is 0 Å². The molecule has 1 aliphatic heterocycles. The average molecular weight is 322 g/mol. The van der Waals surface area contributed by atoms with E-state index in [4.69, 9.17) is 0 Å². The van der Waals surface area contributed by atoms with Crippen LogP contribution in [-0.4, -0.2) is 36.3 Å². The minimum Gasteiger partial charge on any atom is -0.355 e. The first kappa shape index (κ1) is 18.3. The smallest absolute Gasteiger partial charge is 0.225 e. The second kappa shape index (κ2) is 8.16. The molecule has 4 heteroatoms. The van der Waals surface area contributed by atoms with Crippen molar-refractivity contribution in [3.63, 3.8) is 0 Å². The van der Waals surface area contributed by atoms with Crippen LogP contribution in [0.5, 0.6) is 0 Å². The molecular formula is C19H34N2O2. The molecule has 1 saturated carbocycles. The van der Waals surface area contributed by atoms with E-state index in [-0.39, 0.29) is 11.3 Å². The predicted octanol–water partition coefficient (Wildman–Crippen LogP) is 3.36. The van der Waals surface area contributed by atoms with Crippen LogP contribution in [-0.2, 0) is 9.59 Å². The summed E-state index contributed by atoms with van der Waals surface area (Å²) in [6.45, 7) is 8.21. The van der Waals surface area contributed by atoms with Gasteiger partial charge in [0.15, 0.2) is 0 Å². The lowest BCUT2D eigenvalue weighted by molar-refractivity contribution is -0.134. The number of carbonyl (C=O) groups is 2. The molecule has 1 aliphatic carbocycles. The molecule has 0 bridgehead atoms. The third-order valence-electron chi connectivity index (χ3n) is 5.29. The van der Waals surface area contributed by atoms with Crippen molar-refractivity contribution in [2.45, 2.75) is 72.1 Å². The van der Waals surface area contributed by atoms with E-state index in [9.17, 15) is 9.59 Å². The van der Waals surface area contributed by atoms with Gasteiger partial charge in [-0.1, -0.05) is 40.0 Å². The predicted molar refractivity (Wildman–Crippen MR) is 93.0 cm³/mol. The van der Waals surface area contributed by atoms with Gasteiger partial charge in [-0.3, -0.25) is 9.59 Å². The number of piperidine rings is 1. The van der Waals surface area contributed by atoms with Gasteiger partial charge in [-0.2, -0.15) is 0 Å². The lowest BCUT2D eigenvalue weighted by Gasteiger charge is -2.34. The second-order valence-corrected chi connectivity index (χ2v) is 8.52. The first-order chi connectivity index (χ1) is 10.9. The van der Waals surface area contributed by atoms with Gasteiger partial charge in [-0.05, 0) is 37.5 Å². The lowest BCUT2D eigenvalue weighted by atomic mass is 9.86. The zero-order valence-electron chi connectivity index (χ0n) is 15.2. The highest BCUT2D eigenvalue weighted by atomic mass is 16.2. The number of likely N-dealkylation sites (tertiary alicyclic amines) is 1. The van der Waals surface area contributed by atoms with E-state index in [0.29, 0.717) is 24.3 Å². The lowest BCUT2D eigenvalue weighted by Crippen LogP contribution is -2.45. The summed E-state index contributed by atoms with van der Waals surface area (Å²) in [4.78, 5) is 26.6. The Bertz CT molecular complexity index is 408. The van der Waals surface area contributed by atoms with Gasteiger partial charge in [0.05, 0.1) is 0 Å². The van der Waals surface area contributed by atoms with Crippen LogP contribution in [0, 0.1) is 17.3 Å². The van der Waals surface area contributed by atoms with Crippen molar-refractivity contribution in [1.82, 2.24) is 10.2 Å². The molecule has 2 aliphatic rings.